The Hall–Kier alpha value is -1.01. The van der Waals surface area contributed by atoms with E-state index in [1.807, 2.05) is 0 Å². The van der Waals surface area contributed by atoms with E-state index in [1.165, 1.54) is 6.07 Å². The van der Waals surface area contributed by atoms with Gasteiger partial charge in [-0.25, -0.2) is 4.39 Å². The summed E-state index contributed by atoms with van der Waals surface area (Å²) in [6.07, 6.45) is 0.861. The molecule has 2 rings (SSSR count). The lowest BCUT2D eigenvalue weighted by molar-refractivity contribution is 0.138. The second-order valence-corrected chi connectivity index (χ2v) is 5.59. The van der Waals surface area contributed by atoms with Crippen LogP contribution in [-0.4, -0.2) is 65.9 Å². The molecule has 1 atom stereocenters. The molecular formula is C16H25FN2O2. The van der Waals surface area contributed by atoms with Gasteiger partial charge in [0, 0.05) is 31.7 Å². The lowest BCUT2D eigenvalue weighted by Gasteiger charge is -2.22. The van der Waals surface area contributed by atoms with Crippen molar-refractivity contribution < 1.29 is 14.6 Å². The third-order valence-electron chi connectivity index (χ3n) is 4.08. The zero-order chi connectivity index (χ0) is 15.1. The number of nitrogens with zero attached hydrogens (tertiary/aromatic N) is 2. The first-order valence-electron chi connectivity index (χ1n) is 7.69. The van der Waals surface area contributed by atoms with E-state index in [-0.39, 0.29) is 12.4 Å². The van der Waals surface area contributed by atoms with Gasteiger partial charge >= 0.3 is 0 Å². The van der Waals surface area contributed by atoms with Gasteiger partial charge in [0.1, 0.15) is 5.82 Å². The van der Waals surface area contributed by atoms with Crippen molar-refractivity contribution >= 4 is 0 Å². The fraction of sp³-hybridized carbons (Fsp3) is 0.625. The zero-order valence-corrected chi connectivity index (χ0v) is 12.4. The molecule has 0 radical (unpaired) electrons. The van der Waals surface area contributed by atoms with Crippen molar-refractivity contribution in [1.82, 2.24) is 9.80 Å². The number of β-amino-alcohol motifs (C(OH)–C–C–N with tert-alkyl or cyclic N) is 1. The highest BCUT2D eigenvalue weighted by atomic mass is 19.1. The van der Waals surface area contributed by atoms with Crippen LogP contribution in [0.1, 0.15) is 24.5 Å². The second-order valence-electron chi connectivity index (χ2n) is 5.59. The van der Waals surface area contributed by atoms with Crippen LogP contribution in [0.2, 0.25) is 0 Å². The highest BCUT2D eigenvalue weighted by Gasteiger charge is 2.17. The van der Waals surface area contributed by atoms with Crippen LogP contribution in [-0.2, 0) is 0 Å². The van der Waals surface area contributed by atoms with Crippen LogP contribution in [0.3, 0.4) is 0 Å². The Bertz CT molecular complexity index is 430. The third kappa shape index (κ3) is 5.04. The minimum absolute atomic E-state index is 0.200. The van der Waals surface area contributed by atoms with E-state index in [0.29, 0.717) is 12.0 Å². The molecule has 0 aromatic heterocycles. The van der Waals surface area contributed by atoms with E-state index < -0.39 is 6.10 Å². The number of rotatable bonds is 6. The quantitative estimate of drug-likeness (QED) is 0.829. The molecule has 4 nitrogen and oxygen atoms in total. The summed E-state index contributed by atoms with van der Waals surface area (Å²) in [7, 11) is 0. The molecule has 1 aliphatic heterocycles. The van der Waals surface area contributed by atoms with Crippen molar-refractivity contribution in [3.63, 3.8) is 0 Å². The Morgan fingerprint density at radius 2 is 1.71 bits per heavy atom. The number of aliphatic hydroxyl groups is 2. The van der Waals surface area contributed by atoms with Gasteiger partial charge in [-0.05, 0) is 32.0 Å². The lowest BCUT2D eigenvalue weighted by Crippen LogP contribution is -2.33. The minimum Gasteiger partial charge on any atom is -0.395 e. The first-order chi connectivity index (χ1) is 10.2. The zero-order valence-electron chi connectivity index (χ0n) is 12.4. The summed E-state index contributed by atoms with van der Waals surface area (Å²) in [6.45, 7) is 5.57. The van der Waals surface area contributed by atoms with E-state index in [9.17, 15) is 9.50 Å². The first kappa shape index (κ1) is 16.4. The van der Waals surface area contributed by atoms with E-state index in [2.05, 4.69) is 9.80 Å². The standard InChI is InChI=1S/C16H25FN2O2/c17-15-5-2-1-4-14(15)16(21)6-9-18-7-3-8-19(11-10-18)12-13-20/h1-2,4-5,16,20-21H,3,6-13H2. The summed E-state index contributed by atoms with van der Waals surface area (Å²) in [4.78, 5) is 4.56. The predicted molar refractivity (Wildman–Crippen MR) is 80.6 cm³/mol. The molecule has 1 fully saturated rings. The fourth-order valence-corrected chi connectivity index (χ4v) is 2.82. The third-order valence-corrected chi connectivity index (χ3v) is 4.08. The molecule has 1 aromatic carbocycles. The molecule has 1 heterocycles. The molecule has 1 aliphatic rings. The van der Waals surface area contributed by atoms with E-state index in [1.54, 1.807) is 18.2 Å². The normalized spacial score (nSPS) is 19.4. The number of benzene rings is 1. The number of halogens is 1. The number of hydrogen-bond acceptors (Lipinski definition) is 4. The van der Waals surface area contributed by atoms with Crippen molar-refractivity contribution in [2.24, 2.45) is 0 Å². The summed E-state index contributed by atoms with van der Waals surface area (Å²) in [5.74, 6) is -0.338. The first-order valence-corrected chi connectivity index (χ1v) is 7.69. The minimum atomic E-state index is -0.747. The van der Waals surface area contributed by atoms with Gasteiger partial charge in [0.15, 0.2) is 0 Å². The topological polar surface area (TPSA) is 46.9 Å². The van der Waals surface area contributed by atoms with Crippen molar-refractivity contribution in [3.05, 3.63) is 35.6 Å². The Morgan fingerprint density at radius 1 is 1.05 bits per heavy atom. The van der Waals surface area contributed by atoms with Gasteiger partial charge in [0.2, 0.25) is 0 Å². The van der Waals surface area contributed by atoms with Crippen LogP contribution in [0.4, 0.5) is 4.39 Å². The molecular weight excluding hydrogens is 271 g/mol. The van der Waals surface area contributed by atoms with Crippen molar-refractivity contribution in [3.8, 4) is 0 Å². The summed E-state index contributed by atoms with van der Waals surface area (Å²) in [5, 5.41) is 19.1. The molecule has 21 heavy (non-hydrogen) atoms. The summed E-state index contributed by atoms with van der Waals surface area (Å²) < 4.78 is 13.6. The average Bonchev–Trinajstić information content (AvgIpc) is 2.71. The Morgan fingerprint density at radius 3 is 2.38 bits per heavy atom. The predicted octanol–water partition coefficient (Wildman–Crippen LogP) is 1.25. The van der Waals surface area contributed by atoms with Gasteiger partial charge < -0.3 is 15.1 Å². The fourth-order valence-electron chi connectivity index (χ4n) is 2.82. The SMILES string of the molecule is OCCN1CCCN(CCC(O)c2ccccc2F)CC1. The van der Waals surface area contributed by atoms with Crippen LogP contribution in [0.5, 0.6) is 0 Å². The Balaban J connectivity index is 1.79. The van der Waals surface area contributed by atoms with Crippen molar-refractivity contribution in [1.29, 1.82) is 0 Å². The van der Waals surface area contributed by atoms with Gasteiger partial charge in [-0.15, -0.1) is 0 Å². The molecule has 2 N–H and O–H groups in total. The van der Waals surface area contributed by atoms with Crippen LogP contribution in [0.15, 0.2) is 24.3 Å². The molecule has 1 saturated heterocycles. The van der Waals surface area contributed by atoms with Crippen molar-refractivity contribution in [2.75, 3.05) is 45.9 Å². The maximum atomic E-state index is 13.6. The molecule has 0 saturated carbocycles. The lowest BCUT2D eigenvalue weighted by atomic mass is 10.1. The molecule has 0 aliphatic carbocycles. The van der Waals surface area contributed by atoms with E-state index >= 15 is 0 Å². The largest absolute Gasteiger partial charge is 0.395 e. The Kier molecular flexibility index (Phi) is 6.57. The molecule has 0 amide bonds. The Labute approximate surface area is 125 Å². The van der Waals surface area contributed by atoms with Gasteiger partial charge in [0.05, 0.1) is 12.7 Å². The highest BCUT2D eigenvalue weighted by molar-refractivity contribution is 5.19. The molecule has 5 heteroatoms. The van der Waals surface area contributed by atoms with Crippen LogP contribution < -0.4 is 0 Å². The maximum absolute atomic E-state index is 13.6. The second kappa shape index (κ2) is 8.44. The van der Waals surface area contributed by atoms with E-state index in [4.69, 9.17) is 5.11 Å². The van der Waals surface area contributed by atoms with Gasteiger partial charge in [-0.2, -0.15) is 0 Å². The van der Waals surface area contributed by atoms with Crippen LogP contribution >= 0.6 is 0 Å². The molecule has 1 unspecified atom stereocenters. The van der Waals surface area contributed by atoms with Gasteiger partial charge in [0.25, 0.3) is 0 Å². The van der Waals surface area contributed by atoms with Gasteiger partial charge in [-0.1, -0.05) is 18.2 Å². The average molecular weight is 296 g/mol. The molecule has 1 aromatic rings. The number of hydrogen-bond donors (Lipinski definition) is 2. The van der Waals surface area contributed by atoms with Crippen LogP contribution in [0, 0.1) is 5.82 Å². The molecule has 0 spiro atoms. The highest BCUT2D eigenvalue weighted by Crippen LogP contribution is 2.20. The maximum Gasteiger partial charge on any atom is 0.128 e. The molecule has 118 valence electrons. The van der Waals surface area contributed by atoms with Gasteiger partial charge in [-0.3, -0.25) is 4.90 Å². The number of aliphatic hydroxyl groups excluding tert-OH is 2. The molecule has 0 bridgehead atoms. The summed E-state index contributed by atoms with van der Waals surface area (Å²) in [6, 6.07) is 6.42. The summed E-state index contributed by atoms with van der Waals surface area (Å²) in [5.41, 5.74) is 0.384. The summed E-state index contributed by atoms with van der Waals surface area (Å²) >= 11 is 0. The monoisotopic (exact) mass is 296 g/mol. The smallest absolute Gasteiger partial charge is 0.128 e. The van der Waals surface area contributed by atoms with E-state index in [0.717, 1.165) is 45.7 Å². The van der Waals surface area contributed by atoms with Crippen molar-refractivity contribution in [2.45, 2.75) is 18.9 Å². The van der Waals surface area contributed by atoms with Crippen LogP contribution in [0.25, 0.3) is 0 Å².